The van der Waals surface area contributed by atoms with Crippen LogP contribution in [0.15, 0.2) is 47.2 Å². The first-order chi connectivity index (χ1) is 10.6. The Kier molecular flexibility index (Phi) is 3.73. The second-order valence-electron chi connectivity index (χ2n) is 4.84. The third-order valence-corrected chi connectivity index (χ3v) is 3.64. The third kappa shape index (κ3) is 2.51. The molecule has 2 N–H and O–H groups in total. The molecular formula is C16H13ClN2O3. The highest BCUT2D eigenvalue weighted by atomic mass is 35.5. The summed E-state index contributed by atoms with van der Waals surface area (Å²) in [6.07, 6.45) is 3.07. The molecule has 0 spiro atoms. The van der Waals surface area contributed by atoms with Gasteiger partial charge in [0.1, 0.15) is 23.1 Å². The first kappa shape index (κ1) is 14.4. The van der Waals surface area contributed by atoms with Gasteiger partial charge in [-0.05, 0) is 30.3 Å². The molecule has 0 aliphatic carbocycles. The highest BCUT2D eigenvalue weighted by Crippen LogP contribution is 2.38. The maximum absolute atomic E-state index is 11.5. The summed E-state index contributed by atoms with van der Waals surface area (Å²) in [6.45, 7) is 1.40. The van der Waals surface area contributed by atoms with Crippen LogP contribution in [0.2, 0.25) is 5.02 Å². The van der Waals surface area contributed by atoms with Crippen LogP contribution in [0.25, 0.3) is 10.9 Å². The van der Waals surface area contributed by atoms with Gasteiger partial charge in [-0.25, -0.2) is 0 Å². The smallest absolute Gasteiger partial charge is 0.217 e. The van der Waals surface area contributed by atoms with E-state index < -0.39 is 6.04 Å². The zero-order chi connectivity index (χ0) is 15.7. The minimum absolute atomic E-state index is 0.0323. The molecule has 1 unspecified atom stereocenters. The van der Waals surface area contributed by atoms with Crippen molar-refractivity contribution in [2.75, 3.05) is 0 Å². The predicted molar refractivity (Wildman–Crippen MR) is 82.8 cm³/mol. The van der Waals surface area contributed by atoms with Gasteiger partial charge in [0.25, 0.3) is 0 Å². The average molecular weight is 317 g/mol. The first-order valence-corrected chi connectivity index (χ1v) is 7.02. The third-order valence-electron chi connectivity index (χ3n) is 3.33. The SMILES string of the molecule is CC(=O)NC(c1ccco1)c1cc(Cl)c2cccnc2c1O. The molecule has 0 saturated heterocycles. The zero-order valence-corrected chi connectivity index (χ0v) is 12.5. The van der Waals surface area contributed by atoms with Gasteiger partial charge in [0, 0.05) is 24.1 Å². The molecule has 0 aliphatic heterocycles. The quantitative estimate of drug-likeness (QED) is 0.776. The van der Waals surface area contributed by atoms with Gasteiger partial charge in [-0.1, -0.05) is 11.6 Å². The van der Waals surface area contributed by atoms with E-state index in [1.807, 2.05) is 0 Å². The number of carbonyl (C=O) groups is 1. The van der Waals surface area contributed by atoms with Crippen LogP contribution in [0.5, 0.6) is 5.75 Å². The summed E-state index contributed by atoms with van der Waals surface area (Å²) in [4.78, 5) is 15.7. The number of aromatic hydroxyl groups is 1. The fourth-order valence-corrected chi connectivity index (χ4v) is 2.66. The molecule has 1 aromatic carbocycles. The largest absolute Gasteiger partial charge is 0.505 e. The molecular weight excluding hydrogens is 304 g/mol. The van der Waals surface area contributed by atoms with Crippen molar-refractivity contribution in [3.63, 3.8) is 0 Å². The molecule has 3 rings (SSSR count). The van der Waals surface area contributed by atoms with Crippen LogP contribution in [0.3, 0.4) is 0 Å². The lowest BCUT2D eigenvalue weighted by Gasteiger charge is -2.18. The van der Waals surface area contributed by atoms with Crippen LogP contribution in [-0.4, -0.2) is 16.0 Å². The van der Waals surface area contributed by atoms with Crippen molar-refractivity contribution in [2.24, 2.45) is 0 Å². The molecule has 6 heteroatoms. The van der Waals surface area contributed by atoms with E-state index >= 15 is 0 Å². The van der Waals surface area contributed by atoms with Gasteiger partial charge < -0.3 is 14.8 Å². The van der Waals surface area contributed by atoms with Gasteiger partial charge in [0.2, 0.25) is 5.91 Å². The lowest BCUT2D eigenvalue weighted by Crippen LogP contribution is -2.26. The maximum Gasteiger partial charge on any atom is 0.217 e. The van der Waals surface area contributed by atoms with Crippen molar-refractivity contribution in [1.29, 1.82) is 0 Å². The topological polar surface area (TPSA) is 75.4 Å². The number of phenols is 1. The molecule has 5 nitrogen and oxygen atoms in total. The van der Waals surface area contributed by atoms with E-state index in [0.717, 1.165) is 0 Å². The maximum atomic E-state index is 11.5. The summed E-state index contributed by atoms with van der Waals surface area (Å²) in [6, 6.07) is 7.92. The Morgan fingerprint density at radius 3 is 2.91 bits per heavy atom. The van der Waals surface area contributed by atoms with Crippen LogP contribution in [0, 0.1) is 0 Å². The number of aromatic nitrogens is 1. The Bertz CT molecular complexity index is 831. The fourth-order valence-electron chi connectivity index (χ4n) is 2.39. The van der Waals surface area contributed by atoms with E-state index in [1.165, 1.54) is 13.2 Å². The highest BCUT2D eigenvalue weighted by Gasteiger charge is 2.24. The summed E-state index contributed by atoms with van der Waals surface area (Å²) in [5, 5.41) is 14.4. The van der Waals surface area contributed by atoms with Crippen molar-refractivity contribution in [3.05, 3.63) is 59.1 Å². The van der Waals surface area contributed by atoms with E-state index in [0.29, 0.717) is 27.2 Å². The molecule has 3 aromatic rings. The number of halogens is 1. The van der Waals surface area contributed by atoms with Crippen LogP contribution in [0.4, 0.5) is 0 Å². The molecule has 2 heterocycles. The number of hydrogen-bond acceptors (Lipinski definition) is 4. The summed E-state index contributed by atoms with van der Waals surface area (Å²) < 4.78 is 5.37. The van der Waals surface area contributed by atoms with Crippen molar-refractivity contribution in [1.82, 2.24) is 10.3 Å². The number of nitrogens with one attached hydrogen (secondary N) is 1. The van der Waals surface area contributed by atoms with Crippen molar-refractivity contribution >= 4 is 28.4 Å². The summed E-state index contributed by atoms with van der Waals surface area (Å²) >= 11 is 6.28. The van der Waals surface area contributed by atoms with Gasteiger partial charge in [-0.2, -0.15) is 0 Å². The molecule has 0 aliphatic rings. The molecule has 0 fully saturated rings. The van der Waals surface area contributed by atoms with E-state index in [2.05, 4.69) is 10.3 Å². The van der Waals surface area contributed by atoms with Crippen LogP contribution < -0.4 is 5.32 Å². The summed E-state index contributed by atoms with van der Waals surface area (Å²) in [7, 11) is 0. The number of nitrogens with zero attached hydrogens (tertiary/aromatic N) is 1. The van der Waals surface area contributed by atoms with Crippen molar-refractivity contribution in [2.45, 2.75) is 13.0 Å². The number of amides is 1. The first-order valence-electron chi connectivity index (χ1n) is 6.64. The van der Waals surface area contributed by atoms with Gasteiger partial charge in [-0.3, -0.25) is 9.78 Å². The Morgan fingerprint density at radius 2 is 2.23 bits per heavy atom. The second kappa shape index (κ2) is 5.69. The molecule has 0 saturated carbocycles. The number of carbonyl (C=O) groups excluding carboxylic acids is 1. The molecule has 0 radical (unpaired) electrons. The van der Waals surface area contributed by atoms with Crippen LogP contribution >= 0.6 is 11.6 Å². The highest BCUT2D eigenvalue weighted by molar-refractivity contribution is 6.35. The van der Waals surface area contributed by atoms with E-state index in [4.69, 9.17) is 16.0 Å². The monoisotopic (exact) mass is 316 g/mol. The minimum Gasteiger partial charge on any atom is -0.505 e. The van der Waals surface area contributed by atoms with Gasteiger partial charge >= 0.3 is 0 Å². The second-order valence-corrected chi connectivity index (χ2v) is 5.25. The number of rotatable bonds is 3. The zero-order valence-electron chi connectivity index (χ0n) is 11.7. The molecule has 1 amide bonds. The lowest BCUT2D eigenvalue weighted by atomic mass is 10.0. The standard InChI is InChI=1S/C16H13ClN2O3/c1-9(20)19-14(13-5-3-7-22-13)11-8-12(17)10-4-2-6-18-15(10)16(11)21/h2-8,14,21H,1H3,(H,19,20). The fraction of sp³-hybridized carbons (Fsp3) is 0.125. The minimum atomic E-state index is -0.642. The number of phenolic OH excluding ortho intramolecular Hbond substituents is 1. The lowest BCUT2D eigenvalue weighted by molar-refractivity contribution is -0.119. The number of fused-ring (bicyclic) bond motifs is 1. The summed E-state index contributed by atoms with van der Waals surface area (Å²) in [5.74, 6) is 0.213. The van der Waals surface area contributed by atoms with Crippen LogP contribution in [0.1, 0.15) is 24.3 Å². The van der Waals surface area contributed by atoms with E-state index in [9.17, 15) is 9.90 Å². The normalized spacial score (nSPS) is 12.3. The van der Waals surface area contributed by atoms with Gasteiger partial charge in [0.15, 0.2) is 0 Å². The molecule has 112 valence electrons. The number of pyridine rings is 1. The predicted octanol–water partition coefficient (Wildman–Crippen LogP) is 3.41. The average Bonchev–Trinajstić information content (AvgIpc) is 3.03. The van der Waals surface area contributed by atoms with Crippen LogP contribution in [-0.2, 0) is 4.79 Å². The van der Waals surface area contributed by atoms with E-state index in [1.54, 1.807) is 36.5 Å². The van der Waals surface area contributed by atoms with Gasteiger partial charge in [0.05, 0.1) is 11.3 Å². The Balaban J connectivity index is 2.22. The van der Waals surface area contributed by atoms with E-state index in [-0.39, 0.29) is 11.7 Å². The molecule has 2 aromatic heterocycles. The molecule has 0 bridgehead atoms. The molecule has 1 atom stereocenters. The number of furan rings is 1. The Labute approximate surface area is 131 Å². The number of hydrogen-bond donors (Lipinski definition) is 2. The van der Waals surface area contributed by atoms with Crippen molar-refractivity contribution < 1.29 is 14.3 Å². The molecule has 22 heavy (non-hydrogen) atoms. The Hall–Kier alpha value is -2.53. The van der Waals surface area contributed by atoms with Crippen molar-refractivity contribution in [3.8, 4) is 5.75 Å². The van der Waals surface area contributed by atoms with Gasteiger partial charge in [-0.15, -0.1) is 0 Å². The summed E-state index contributed by atoms with van der Waals surface area (Å²) in [5.41, 5.74) is 0.813. The number of benzene rings is 1. The Morgan fingerprint density at radius 1 is 1.41 bits per heavy atom.